The Balaban J connectivity index is 0.00000125. The maximum Gasteiger partial charge on any atom is 0.138 e. The Kier molecular flexibility index (Phi) is 3.06. The van der Waals surface area contributed by atoms with Gasteiger partial charge in [-0.3, -0.25) is 9.39 Å². The molecule has 0 bridgehead atoms. The van der Waals surface area contributed by atoms with E-state index in [1.165, 1.54) is 10.2 Å². The molecular weight excluding hydrogens is 316 g/mol. The van der Waals surface area contributed by atoms with Gasteiger partial charge >= 0.3 is 0 Å². The number of halogens is 1. The molecule has 1 aromatic carbocycles. The Morgan fingerprint density at radius 2 is 2.05 bits per heavy atom. The third kappa shape index (κ3) is 1.82. The van der Waals surface area contributed by atoms with E-state index < -0.39 is 0 Å². The summed E-state index contributed by atoms with van der Waals surface area (Å²) < 4.78 is 3.52. The lowest BCUT2D eigenvalue weighted by atomic mass is 10.2. The number of nitrogens with zero attached hydrogens (tertiary/aromatic N) is 3. The van der Waals surface area contributed by atoms with Gasteiger partial charge in [0.25, 0.3) is 0 Å². The fraction of sp³-hybridized carbons (Fsp3) is 0.125. The molecule has 0 saturated heterocycles. The second kappa shape index (κ2) is 4.97. The number of imidazole rings is 1. The molecule has 0 atom stereocenters. The Morgan fingerprint density at radius 3 is 2.91 bits per heavy atom. The summed E-state index contributed by atoms with van der Waals surface area (Å²) in [6.07, 6.45) is 0. The molecule has 0 aliphatic carbocycles. The van der Waals surface area contributed by atoms with E-state index in [1.807, 2.05) is 0 Å². The van der Waals surface area contributed by atoms with Gasteiger partial charge in [0.15, 0.2) is 0 Å². The van der Waals surface area contributed by atoms with Gasteiger partial charge in [0.1, 0.15) is 11.5 Å². The van der Waals surface area contributed by atoms with Crippen LogP contribution in [0.4, 0.5) is 0 Å². The van der Waals surface area contributed by atoms with Crippen LogP contribution in [0.3, 0.4) is 0 Å². The van der Waals surface area contributed by atoms with Gasteiger partial charge < -0.3 is 5.32 Å². The average Bonchev–Trinajstić information content (AvgIpc) is 3.24. The van der Waals surface area contributed by atoms with Crippen LogP contribution in [-0.2, 0) is 0 Å². The Hall–Kier alpha value is -2.11. The van der Waals surface area contributed by atoms with Gasteiger partial charge in [-0.05, 0) is 41.8 Å². The molecule has 0 spiro atoms. The summed E-state index contributed by atoms with van der Waals surface area (Å²) in [7, 11) is 0. The van der Waals surface area contributed by atoms with Crippen LogP contribution in [0.25, 0.3) is 26.9 Å². The highest BCUT2D eigenvalue weighted by Gasteiger charge is 2.12. The van der Waals surface area contributed by atoms with Crippen molar-refractivity contribution < 1.29 is 0 Å². The molecule has 0 radical (unpaired) electrons. The number of nitrogens with one attached hydrogen (secondary N) is 1. The third-order valence-corrected chi connectivity index (χ3v) is 4.80. The van der Waals surface area contributed by atoms with E-state index in [9.17, 15) is 0 Å². The standard InChI is InChI=1S/C16H12N4S.ClH/c1-2-12-11(9-10(1)16-17-6-7-18-16)19-15-4-3-14-13(20(12)15)5-8-21-14;/h1-5,8-9H,6-7H2,(H,17,18);1H. The van der Waals surface area contributed by atoms with Crippen molar-refractivity contribution in [2.75, 3.05) is 13.1 Å². The summed E-state index contributed by atoms with van der Waals surface area (Å²) >= 11 is 1.76. The van der Waals surface area contributed by atoms with Crippen molar-refractivity contribution >= 4 is 56.5 Å². The summed E-state index contributed by atoms with van der Waals surface area (Å²) in [6.45, 7) is 1.78. The number of amidine groups is 1. The van der Waals surface area contributed by atoms with Crippen molar-refractivity contribution in [3.8, 4) is 0 Å². The molecule has 1 N–H and O–H groups in total. The zero-order valence-electron chi connectivity index (χ0n) is 11.6. The molecule has 6 heteroatoms. The van der Waals surface area contributed by atoms with Gasteiger partial charge in [-0.2, -0.15) is 0 Å². The molecule has 0 saturated carbocycles. The lowest BCUT2D eigenvalue weighted by molar-refractivity contribution is 0.960. The topological polar surface area (TPSA) is 41.7 Å². The quantitative estimate of drug-likeness (QED) is 0.581. The van der Waals surface area contributed by atoms with E-state index in [0.717, 1.165) is 41.2 Å². The zero-order chi connectivity index (χ0) is 13.8. The summed E-state index contributed by atoms with van der Waals surface area (Å²) in [5, 5.41) is 5.44. The largest absolute Gasteiger partial charge is 0.368 e. The smallest absolute Gasteiger partial charge is 0.138 e. The van der Waals surface area contributed by atoms with E-state index in [1.54, 1.807) is 11.3 Å². The molecular formula is C16H13ClN4S. The number of hydrogen-bond donors (Lipinski definition) is 1. The lowest BCUT2D eigenvalue weighted by Crippen LogP contribution is -2.19. The number of aromatic nitrogens is 2. The predicted octanol–water partition coefficient (Wildman–Crippen LogP) is 3.47. The van der Waals surface area contributed by atoms with Crippen molar-refractivity contribution in [3.05, 3.63) is 47.3 Å². The van der Waals surface area contributed by atoms with Gasteiger partial charge in [-0.15, -0.1) is 23.7 Å². The monoisotopic (exact) mass is 328 g/mol. The minimum Gasteiger partial charge on any atom is -0.368 e. The minimum absolute atomic E-state index is 0. The Morgan fingerprint density at radius 1 is 1.09 bits per heavy atom. The molecule has 4 heterocycles. The molecule has 1 aliphatic rings. The first kappa shape index (κ1) is 13.5. The molecule has 3 aromatic heterocycles. The maximum absolute atomic E-state index is 4.76. The zero-order valence-corrected chi connectivity index (χ0v) is 13.2. The van der Waals surface area contributed by atoms with Gasteiger partial charge in [-0.1, -0.05) is 0 Å². The first-order chi connectivity index (χ1) is 10.4. The third-order valence-electron chi connectivity index (χ3n) is 3.93. The molecule has 0 unspecified atom stereocenters. The summed E-state index contributed by atoms with van der Waals surface area (Å²) in [6, 6.07) is 12.8. The van der Waals surface area contributed by atoms with E-state index in [4.69, 9.17) is 4.98 Å². The van der Waals surface area contributed by atoms with Crippen molar-refractivity contribution in [1.82, 2.24) is 14.7 Å². The number of benzene rings is 1. The molecule has 4 nitrogen and oxygen atoms in total. The van der Waals surface area contributed by atoms with Crippen LogP contribution in [0.5, 0.6) is 0 Å². The highest BCUT2D eigenvalue weighted by Crippen LogP contribution is 2.27. The van der Waals surface area contributed by atoms with Crippen molar-refractivity contribution in [2.24, 2.45) is 4.99 Å². The summed E-state index contributed by atoms with van der Waals surface area (Å²) in [5.41, 5.74) is 5.50. The van der Waals surface area contributed by atoms with Crippen LogP contribution in [0.1, 0.15) is 5.56 Å². The van der Waals surface area contributed by atoms with E-state index in [2.05, 4.69) is 56.5 Å². The molecule has 22 heavy (non-hydrogen) atoms. The number of rotatable bonds is 1. The van der Waals surface area contributed by atoms with Crippen LogP contribution < -0.4 is 5.32 Å². The molecule has 5 rings (SSSR count). The van der Waals surface area contributed by atoms with Gasteiger partial charge in [0.05, 0.1) is 27.8 Å². The van der Waals surface area contributed by atoms with Crippen molar-refractivity contribution in [3.63, 3.8) is 0 Å². The second-order valence-corrected chi connectivity index (χ2v) is 6.12. The van der Waals surface area contributed by atoms with Crippen LogP contribution in [0.15, 0.2) is 46.8 Å². The van der Waals surface area contributed by atoms with E-state index in [0.29, 0.717) is 0 Å². The normalized spacial score (nSPS) is 14.3. The Labute approximate surface area is 136 Å². The molecule has 0 amide bonds. The highest BCUT2D eigenvalue weighted by molar-refractivity contribution is 7.17. The van der Waals surface area contributed by atoms with E-state index in [-0.39, 0.29) is 12.4 Å². The molecule has 1 aliphatic heterocycles. The molecule has 110 valence electrons. The van der Waals surface area contributed by atoms with Gasteiger partial charge in [0, 0.05) is 12.1 Å². The van der Waals surface area contributed by atoms with Crippen LogP contribution in [-0.4, -0.2) is 28.3 Å². The maximum atomic E-state index is 4.76. The SMILES string of the molecule is Cl.c1cc2c(ccc3nc4cc(C5=NCCN5)ccc4n32)s1. The number of thiophene rings is 1. The van der Waals surface area contributed by atoms with Crippen LogP contribution in [0.2, 0.25) is 0 Å². The molecule has 4 aromatic rings. The summed E-state index contributed by atoms with van der Waals surface area (Å²) in [4.78, 5) is 9.24. The Bertz CT molecular complexity index is 1030. The minimum atomic E-state index is 0. The number of fused-ring (bicyclic) bond motifs is 5. The first-order valence-corrected chi connectivity index (χ1v) is 7.85. The van der Waals surface area contributed by atoms with E-state index >= 15 is 0 Å². The summed E-state index contributed by atoms with van der Waals surface area (Å²) in [5.74, 6) is 0.981. The number of pyridine rings is 1. The van der Waals surface area contributed by atoms with Crippen LogP contribution >= 0.6 is 23.7 Å². The first-order valence-electron chi connectivity index (χ1n) is 6.97. The second-order valence-electron chi connectivity index (χ2n) is 5.17. The van der Waals surface area contributed by atoms with Gasteiger partial charge in [0.2, 0.25) is 0 Å². The van der Waals surface area contributed by atoms with Crippen molar-refractivity contribution in [1.29, 1.82) is 0 Å². The fourth-order valence-corrected chi connectivity index (χ4v) is 3.75. The average molecular weight is 329 g/mol. The molecule has 0 fully saturated rings. The number of hydrogen-bond acceptors (Lipinski definition) is 4. The van der Waals surface area contributed by atoms with Crippen molar-refractivity contribution in [2.45, 2.75) is 0 Å². The fourth-order valence-electron chi connectivity index (χ4n) is 2.98. The van der Waals surface area contributed by atoms with Gasteiger partial charge in [-0.25, -0.2) is 4.98 Å². The predicted molar refractivity (Wildman–Crippen MR) is 94.7 cm³/mol. The lowest BCUT2D eigenvalue weighted by Gasteiger charge is -2.02. The van der Waals surface area contributed by atoms with Crippen LogP contribution in [0, 0.1) is 0 Å². The number of aliphatic imine (C=N–C) groups is 1. The highest BCUT2D eigenvalue weighted by atomic mass is 35.5.